The highest BCUT2D eigenvalue weighted by Crippen LogP contribution is 2.07. The van der Waals surface area contributed by atoms with E-state index < -0.39 is 36.5 Å². The topological polar surface area (TPSA) is 114 Å². The summed E-state index contributed by atoms with van der Waals surface area (Å²) in [7, 11) is 0. The van der Waals surface area contributed by atoms with Crippen molar-refractivity contribution in [2.24, 2.45) is 5.92 Å². The van der Waals surface area contributed by atoms with Gasteiger partial charge in [-0.15, -0.1) is 0 Å². The lowest BCUT2D eigenvalue weighted by atomic mass is 10.0. The van der Waals surface area contributed by atoms with E-state index in [4.69, 9.17) is 4.74 Å². The van der Waals surface area contributed by atoms with Crippen molar-refractivity contribution in [1.29, 1.82) is 0 Å². The molecule has 136 valence electrons. The smallest absolute Gasteiger partial charge is 0.329 e. The van der Waals surface area contributed by atoms with Gasteiger partial charge in [0.25, 0.3) is 11.8 Å². The van der Waals surface area contributed by atoms with E-state index in [-0.39, 0.29) is 5.92 Å². The minimum atomic E-state index is -0.912. The molecule has 0 fully saturated rings. The molecule has 0 aliphatic heterocycles. The Morgan fingerprint density at radius 3 is 2.28 bits per heavy atom. The zero-order valence-electron chi connectivity index (χ0n) is 14.5. The Morgan fingerprint density at radius 2 is 1.72 bits per heavy atom. The number of imide groups is 1. The fourth-order valence-electron chi connectivity index (χ4n) is 1.91. The number of esters is 1. The average molecular weight is 349 g/mol. The van der Waals surface area contributed by atoms with Gasteiger partial charge in [0.1, 0.15) is 6.04 Å². The standard InChI is InChI=1S/C17H23N3O5/c1-4-18-17(24)19-13(21)10-25-16(23)14(11(2)3)20-15(22)12-8-6-5-7-9-12/h5-9,11,14H,4,10H2,1-3H3,(H,20,22)(H2,18,19,21,24)/t14-/m1/s1. The summed E-state index contributed by atoms with van der Waals surface area (Å²) in [4.78, 5) is 47.1. The average Bonchev–Trinajstić information content (AvgIpc) is 2.58. The first-order valence-electron chi connectivity index (χ1n) is 7.95. The number of amides is 4. The van der Waals surface area contributed by atoms with Gasteiger partial charge in [-0.25, -0.2) is 9.59 Å². The Bertz CT molecular complexity index is 616. The molecule has 0 aliphatic carbocycles. The van der Waals surface area contributed by atoms with Crippen LogP contribution in [0.25, 0.3) is 0 Å². The van der Waals surface area contributed by atoms with Crippen LogP contribution in [0.1, 0.15) is 31.1 Å². The Kier molecular flexibility index (Phi) is 8.11. The van der Waals surface area contributed by atoms with Crippen molar-refractivity contribution in [2.75, 3.05) is 13.2 Å². The molecule has 1 aromatic carbocycles. The van der Waals surface area contributed by atoms with Gasteiger partial charge in [-0.3, -0.25) is 14.9 Å². The predicted octanol–water partition coefficient (Wildman–Crippen LogP) is 0.830. The maximum Gasteiger partial charge on any atom is 0.329 e. The van der Waals surface area contributed by atoms with E-state index >= 15 is 0 Å². The number of carbonyl (C=O) groups is 4. The number of benzene rings is 1. The minimum absolute atomic E-state index is 0.244. The largest absolute Gasteiger partial charge is 0.454 e. The highest BCUT2D eigenvalue weighted by atomic mass is 16.5. The molecule has 1 atom stereocenters. The van der Waals surface area contributed by atoms with Crippen LogP contribution in [0.5, 0.6) is 0 Å². The van der Waals surface area contributed by atoms with Crippen LogP contribution in [0, 0.1) is 5.92 Å². The van der Waals surface area contributed by atoms with Crippen molar-refractivity contribution in [3.05, 3.63) is 35.9 Å². The third kappa shape index (κ3) is 7.03. The van der Waals surface area contributed by atoms with E-state index in [0.717, 1.165) is 0 Å². The molecule has 0 aliphatic rings. The Morgan fingerprint density at radius 1 is 1.08 bits per heavy atom. The van der Waals surface area contributed by atoms with E-state index in [1.54, 1.807) is 51.1 Å². The number of hydrogen-bond donors (Lipinski definition) is 3. The van der Waals surface area contributed by atoms with Crippen molar-refractivity contribution in [3.8, 4) is 0 Å². The summed E-state index contributed by atoms with van der Waals surface area (Å²) >= 11 is 0. The van der Waals surface area contributed by atoms with Crippen LogP contribution >= 0.6 is 0 Å². The van der Waals surface area contributed by atoms with Crippen molar-refractivity contribution < 1.29 is 23.9 Å². The van der Waals surface area contributed by atoms with E-state index in [2.05, 4.69) is 10.6 Å². The lowest BCUT2D eigenvalue weighted by Gasteiger charge is -2.20. The second-order valence-corrected chi connectivity index (χ2v) is 5.58. The molecule has 0 aromatic heterocycles. The molecule has 0 unspecified atom stereocenters. The number of ether oxygens (including phenoxy) is 1. The molecule has 3 N–H and O–H groups in total. The van der Waals surface area contributed by atoms with Gasteiger partial charge in [0.15, 0.2) is 6.61 Å². The van der Waals surface area contributed by atoms with Crippen molar-refractivity contribution >= 4 is 23.8 Å². The molecule has 4 amide bonds. The summed E-state index contributed by atoms with van der Waals surface area (Å²) in [5, 5.41) is 6.99. The first kappa shape index (κ1) is 20.1. The van der Waals surface area contributed by atoms with Crippen LogP contribution in [0.3, 0.4) is 0 Å². The van der Waals surface area contributed by atoms with Crippen LogP contribution in [0.15, 0.2) is 30.3 Å². The van der Waals surface area contributed by atoms with Gasteiger partial charge in [0.05, 0.1) is 0 Å². The molecular weight excluding hydrogens is 326 g/mol. The molecule has 0 saturated heterocycles. The van der Waals surface area contributed by atoms with Gasteiger partial charge in [0, 0.05) is 12.1 Å². The molecule has 1 rings (SSSR count). The fourth-order valence-corrected chi connectivity index (χ4v) is 1.91. The van der Waals surface area contributed by atoms with Crippen molar-refractivity contribution in [2.45, 2.75) is 26.8 Å². The minimum Gasteiger partial charge on any atom is -0.454 e. The van der Waals surface area contributed by atoms with Gasteiger partial charge in [-0.2, -0.15) is 0 Å². The van der Waals surface area contributed by atoms with Gasteiger partial charge >= 0.3 is 12.0 Å². The first-order chi connectivity index (χ1) is 11.8. The number of carbonyl (C=O) groups excluding carboxylic acids is 4. The van der Waals surface area contributed by atoms with E-state index in [9.17, 15) is 19.2 Å². The SMILES string of the molecule is CCNC(=O)NC(=O)COC(=O)[C@H](NC(=O)c1ccccc1)C(C)C. The third-order valence-corrected chi connectivity index (χ3v) is 3.18. The normalized spacial score (nSPS) is 11.4. The summed E-state index contributed by atoms with van der Waals surface area (Å²) in [6.45, 7) is 4.94. The fraction of sp³-hybridized carbons (Fsp3) is 0.412. The lowest BCUT2D eigenvalue weighted by molar-refractivity contribution is -0.151. The van der Waals surface area contributed by atoms with Crippen LogP contribution in [0.4, 0.5) is 4.79 Å². The number of nitrogens with one attached hydrogen (secondary N) is 3. The van der Waals surface area contributed by atoms with Crippen LogP contribution in [0.2, 0.25) is 0 Å². The van der Waals surface area contributed by atoms with Gasteiger partial charge in [-0.1, -0.05) is 32.0 Å². The summed E-state index contributed by atoms with van der Waals surface area (Å²) in [5.74, 6) is -2.16. The van der Waals surface area contributed by atoms with E-state index in [1.807, 2.05) is 5.32 Å². The summed E-state index contributed by atoms with van der Waals surface area (Å²) in [6, 6.07) is 6.87. The maximum absolute atomic E-state index is 12.2. The second-order valence-electron chi connectivity index (χ2n) is 5.58. The Labute approximate surface area is 146 Å². The van der Waals surface area contributed by atoms with Gasteiger partial charge in [-0.05, 0) is 25.0 Å². The summed E-state index contributed by atoms with van der Waals surface area (Å²) in [6.07, 6.45) is 0. The summed E-state index contributed by atoms with van der Waals surface area (Å²) in [5.41, 5.74) is 0.412. The van der Waals surface area contributed by atoms with Crippen LogP contribution < -0.4 is 16.0 Å². The first-order valence-corrected chi connectivity index (χ1v) is 7.95. The Hall–Kier alpha value is -2.90. The molecule has 0 spiro atoms. The molecule has 8 nitrogen and oxygen atoms in total. The van der Waals surface area contributed by atoms with Crippen molar-refractivity contribution in [3.63, 3.8) is 0 Å². The molecular formula is C17H23N3O5. The molecule has 0 saturated carbocycles. The molecule has 1 aromatic rings. The second kappa shape index (κ2) is 10.1. The van der Waals surface area contributed by atoms with Crippen LogP contribution in [-0.2, 0) is 14.3 Å². The highest BCUT2D eigenvalue weighted by molar-refractivity contribution is 5.98. The number of urea groups is 1. The highest BCUT2D eigenvalue weighted by Gasteiger charge is 2.26. The third-order valence-electron chi connectivity index (χ3n) is 3.18. The molecule has 0 bridgehead atoms. The van der Waals surface area contributed by atoms with Crippen molar-refractivity contribution in [1.82, 2.24) is 16.0 Å². The molecule has 25 heavy (non-hydrogen) atoms. The number of rotatable bonds is 7. The molecule has 8 heteroatoms. The van der Waals surface area contributed by atoms with E-state index in [1.165, 1.54) is 0 Å². The predicted molar refractivity (Wildman–Crippen MR) is 90.7 cm³/mol. The monoisotopic (exact) mass is 349 g/mol. The maximum atomic E-state index is 12.2. The molecule has 0 radical (unpaired) electrons. The van der Waals surface area contributed by atoms with Gasteiger partial charge < -0.3 is 15.4 Å². The van der Waals surface area contributed by atoms with Gasteiger partial charge in [0.2, 0.25) is 0 Å². The zero-order chi connectivity index (χ0) is 18.8. The molecule has 0 heterocycles. The zero-order valence-corrected chi connectivity index (χ0v) is 14.5. The summed E-state index contributed by atoms with van der Waals surface area (Å²) < 4.78 is 4.90. The lowest BCUT2D eigenvalue weighted by Crippen LogP contribution is -2.47. The van der Waals surface area contributed by atoms with Crippen LogP contribution in [-0.4, -0.2) is 43.0 Å². The number of hydrogen-bond acceptors (Lipinski definition) is 5. The van der Waals surface area contributed by atoms with E-state index in [0.29, 0.717) is 12.1 Å². The Balaban J connectivity index is 2.58. The quantitative estimate of drug-likeness (QED) is 0.631.